The summed E-state index contributed by atoms with van der Waals surface area (Å²) >= 11 is 0. The Kier molecular flexibility index (Phi) is 26.7. The van der Waals surface area contributed by atoms with Crippen LogP contribution in [0, 0.1) is 13.8 Å². The van der Waals surface area contributed by atoms with Gasteiger partial charge in [0.1, 0.15) is 0 Å². The maximum atomic E-state index is 2.38. The summed E-state index contributed by atoms with van der Waals surface area (Å²) in [6, 6.07) is 13.2. The summed E-state index contributed by atoms with van der Waals surface area (Å²) in [5, 5.41) is 0. The summed E-state index contributed by atoms with van der Waals surface area (Å²) in [6.45, 7) is 22.5. The topological polar surface area (TPSA) is 0 Å². The van der Waals surface area contributed by atoms with E-state index in [1.165, 1.54) is 35.1 Å². The zero-order valence-electron chi connectivity index (χ0n) is 21.0. The first-order valence-electron chi connectivity index (χ1n) is 10.9. The van der Waals surface area contributed by atoms with Crippen LogP contribution in [-0.2, 0) is 25.8 Å². The van der Waals surface area contributed by atoms with Gasteiger partial charge in [-0.3, -0.25) is 0 Å². The average molecular weight is 635 g/mol. The third kappa shape index (κ3) is 18.0. The predicted octanol–water partition coefficient (Wildman–Crippen LogP) is 2.54. The van der Waals surface area contributed by atoms with Crippen molar-refractivity contribution in [2.75, 3.05) is 0 Å². The Labute approximate surface area is 222 Å². The largest absolute Gasteiger partial charge is 4.00 e. The number of halogens is 2. The molecule has 0 aliphatic rings. The summed E-state index contributed by atoms with van der Waals surface area (Å²) in [7, 11) is 0.720. The molecule has 0 aromatic heterocycles. The van der Waals surface area contributed by atoms with Crippen molar-refractivity contribution in [3.8, 4) is 0 Å². The molecule has 4 heteroatoms. The molecule has 2 aromatic rings. The van der Waals surface area contributed by atoms with Crippen LogP contribution in [0.1, 0.15) is 102 Å². The van der Waals surface area contributed by atoms with Crippen molar-refractivity contribution in [3.63, 3.8) is 0 Å². The smallest absolute Gasteiger partial charge is 1.00 e. The van der Waals surface area contributed by atoms with Gasteiger partial charge in [0.25, 0.3) is 0 Å². The molecule has 0 aliphatic heterocycles. The van der Waals surface area contributed by atoms with E-state index in [-0.39, 0.29) is 50.7 Å². The van der Waals surface area contributed by atoms with Gasteiger partial charge < -0.3 is 24.8 Å². The Morgan fingerprint density at radius 3 is 1.13 bits per heavy atom. The van der Waals surface area contributed by atoms with Crippen LogP contribution < -0.4 is 24.8 Å². The molecule has 2 unspecified atom stereocenters. The van der Waals surface area contributed by atoms with Gasteiger partial charge in [0.15, 0.2) is 0 Å². The van der Waals surface area contributed by atoms with Gasteiger partial charge in [0.2, 0.25) is 0 Å². The van der Waals surface area contributed by atoms with Crippen molar-refractivity contribution >= 4 is 9.52 Å². The summed E-state index contributed by atoms with van der Waals surface area (Å²) in [6.07, 6.45) is 2.75. The molecule has 0 aliphatic carbocycles. The predicted molar refractivity (Wildman–Crippen MR) is 128 cm³/mol. The molecule has 0 bridgehead atoms. The molecule has 0 saturated carbocycles. The van der Waals surface area contributed by atoms with Crippen LogP contribution in [0.2, 0.25) is 11.1 Å². The molecule has 171 valence electrons. The number of aryl methyl sites for hydroxylation is 2. The van der Waals surface area contributed by atoms with E-state index in [1.807, 2.05) is 0 Å². The van der Waals surface area contributed by atoms with Gasteiger partial charge in [-0.2, -0.15) is 35.4 Å². The molecule has 2 rings (SSSR count). The number of hydrogen-bond donors (Lipinski definition) is 0. The van der Waals surface area contributed by atoms with Gasteiger partial charge in [0.05, 0.1) is 0 Å². The summed E-state index contributed by atoms with van der Waals surface area (Å²) in [4.78, 5) is 0. The van der Waals surface area contributed by atoms with Crippen LogP contribution in [-0.4, -0.2) is 9.52 Å². The van der Waals surface area contributed by atoms with Crippen LogP contribution >= 0.6 is 0 Å². The van der Waals surface area contributed by atoms with Crippen LogP contribution in [0.25, 0.3) is 0 Å². The van der Waals surface area contributed by atoms with Crippen LogP contribution in [0.4, 0.5) is 0 Å². The van der Waals surface area contributed by atoms with Gasteiger partial charge in [-0.15, -0.1) is 0 Å². The SMILES string of the molecule is CCC(C)[SiH]C(C)CC.Cc1c[cH-]c(C(C)C)c1.Cc1c[cH-]c(C(C)C)c1.[Cl-].[Cl-].[Hf+4]. The quantitative estimate of drug-likeness (QED) is 0.339. The third-order valence-electron chi connectivity index (χ3n) is 5.14. The molecule has 0 saturated heterocycles. The molecule has 30 heavy (non-hydrogen) atoms. The second-order valence-corrected chi connectivity index (χ2v) is 11.4. The van der Waals surface area contributed by atoms with Gasteiger partial charge in [-0.25, -0.2) is 23.3 Å². The molecule has 0 amide bonds. The van der Waals surface area contributed by atoms with E-state index in [4.69, 9.17) is 0 Å². The zero-order valence-corrected chi connectivity index (χ0v) is 27.3. The minimum Gasteiger partial charge on any atom is -1.00 e. The fraction of sp³-hybridized carbons (Fsp3) is 0.615. The molecule has 0 fully saturated rings. The minimum absolute atomic E-state index is 0. The first-order valence-corrected chi connectivity index (χ1v) is 12.2. The van der Waals surface area contributed by atoms with Crippen molar-refractivity contribution in [3.05, 3.63) is 58.7 Å². The number of hydrogen-bond acceptors (Lipinski definition) is 0. The van der Waals surface area contributed by atoms with Crippen molar-refractivity contribution in [2.45, 2.75) is 105 Å². The van der Waals surface area contributed by atoms with E-state index in [1.54, 1.807) is 0 Å². The van der Waals surface area contributed by atoms with Crippen molar-refractivity contribution in [1.29, 1.82) is 0 Å². The minimum atomic E-state index is 0. The summed E-state index contributed by atoms with van der Waals surface area (Å²) < 4.78 is 0. The fourth-order valence-electron chi connectivity index (χ4n) is 2.72. The molecular formula is C26H45Cl2HfSi. The zero-order chi connectivity index (χ0) is 21.0. The Balaban J connectivity index is -0.000000161. The average Bonchev–Trinajstić information content (AvgIpc) is 3.24. The Morgan fingerprint density at radius 1 is 0.700 bits per heavy atom. The second kappa shape index (κ2) is 21.2. The molecule has 2 atom stereocenters. The normalized spacial score (nSPS) is 11.6. The van der Waals surface area contributed by atoms with Crippen molar-refractivity contribution in [1.82, 2.24) is 0 Å². The fourth-order valence-corrected chi connectivity index (χ4v) is 4.39. The Hall–Kier alpha value is 0.367. The third-order valence-corrected chi connectivity index (χ3v) is 7.40. The molecule has 0 nitrogen and oxygen atoms in total. The van der Waals surface area contributed by atoms with E-state index in [2.05, 4.69) is 106 Å². The molecular weight excluding hydrogens is 590 g/mol. The first kappa shape index (κ1) is 37.7. The van der Waals surface area contributed by atoms with E-state index >= 15 is 0 Å². The van der Waals surface area contributed by atoms with Crippen molar-refractivity contribution in [2.24, 2.45) is 0 Å². The van der Waals surface area contributed by atoms with E-state index in [0.29, 0.717) is 11.8 Å². The summed E-state index contributed by atoms with van der Waals surface area (Å²) in [5.74, 6) is 1.36. The van der Waals surface area contributed by atoms with Crippen LogP contribution in [0.3, 0.4) is 0 Å². The standard InChI is InChI=1S/2C9H13.C8H19Si.2ClH.Hf/c2*1-7(2)9-5-4-8(3)6-9;1-5-7(3)9-8(4)6-2;;;/h2*4-7H,1-3H3;7-9H,5-6H2,1-4H3;2*1H;/q2*-1;;;;+4/p-2. The van der Waals surface area contributed by atoms with E-state index in [9.17, 15) is 0 Å². The van der Waals surface area contributed by atoms with Crippen LogP contribution in [0.5, 0.6) is 0 Å². The monoisotopic (exact) mass is 635 g/mol. The maximum absolute atomic E-state index is 2.38. The number of rotatable bonds is 6. The second-order valence-electron chi connectivity index (χ2n) is 8.72. The molecule has 0 heterocycles. The van der Waals surface area contributed by atoms with Gasteiger partial charge in [0, 0.05) is 9.52 Å². The van der Waals surface area contributed by atoms with E-state index in [0.717, 1.165) is 20.6 Å². The maximum Gasteiger partial charge on any atom is 4.00 e. The van der Waals surface area contributed by atoms with Crippen LogP contribution in [0.15, 0.2) is 36.4 Å². The van der Waals surface area contributed by atoms with Gasteiger partial charge in [-0.1, -0.05) is 93.2 Å². The summed E-state index contributed by atoms with van der Waals surface area (Å²) in [5.41, 5.74) is 7.68. The Morgan fingerprint density at radius 2 is 1.00 bits per heavy atom. The molecule has 0 spiro atoms. The van der Waals surface area contributed by atoms with Gasteiger partial charge >= 0.3 is 25.8 Å². The van der Waals surface area contributed by atoms with Gasteiger partial charge in [-0.05, 0) is 11.8 Å². The molecule has 2 aromatic carbocycles. The Bertz CT molecular complexity index is 549. The van der Waals surface area contributed by atoms with Crippen molar-refractivity contribution < 1.29 is 50.7 Å². The molecule has 1 radical (unpaired) electrons. The van der Waals surface area contributed by atoms with E-state index < -0.39 is 0 Å². The first-order chi connectivity index (χ1) is 12.6. The molecule has 0 N–H and O–H groups in total.